The number of aromatic nitrogens is 1. The van der Waals surface area contributed by atoms with E-state index in [9.17, 15) is 5.26 Å². The van der Waals surface area contributed by atoms with Crippen molar-refractivity contribution in [2.75, 3.05) is 6.61 Å². The molecule has 4 rings (SSSR count). The molecule has 1 unspecified atom stereocenters. The van der Waals surface area contributed by atoms with Gasteiger partial charge in [-0.05, 0) is 30.3 Å². The minimum atomic E-state index is 0.320. The van der Waals surface area contributed by atoms with Crippen LogP contribution < -0.4 is 4.74 Å². The fourth-order valence-corrected chi connectivity index (χ4v) is 2.76. The summed E-state index contributed by atoms with van der Waals surface area (Å²) in [4.78, 5) is 8.29. The van der Waals surface area contributed by atoms with Crippen LogP contribution in [0.1, 0.15) is 12.5 Å². The first kappa shape index (κ1) is 15.2. The maximum atomic E-state index is 9.23. The molecule has 5 heteroatoms. The largest absolute Gasteiger partial charge is 0.488 e. The van der Waals surface area contributed by atoms with Gasteiger partial charge in [0.15, 0.2) is 0 Å². The van der Waals surface area contributed by atoms with Crippen molar-refractivity contribution in [1.29, 1.82) is 5.26 Å². The number of fused-ring (bicyclic) bond motifs is 1. The highest BCUT2D eigenvalue weighted by atomic mass is 16.5. The number of benzene rings is 1. The average Bonchev–Trinajstić information content (AvgIpc) is 3.25. The third kappa shape index (κ3) is 2.90. The van der Waals surface area contributed by atoms with Gasteiger partial charge in [-0.3, -0.25) is 9.98 Å². The van der Waals surface area contributed by atoms with Crippen molar-refractivity contribution in [2.24, 2.45) is 10.9 Å². The maximum Gasteiger partial charge on any atom is 0.136 e. The Labute approximate surface area is 144 Å². The highest BCUT2D eigenvalue weighted by Crippen LogP contribution is 2.31. The number of furan rings is 1. The van der Waals surface area contributed by atoms with Crippen molar-refractivity contribution in [3.8, 4) is 23.1 Å². The van der Waals surface area contributed by atoms with Gasteiger partial charge in [-0.2, -0.15) is 5.26 Å². The number of pyridine rings is 1. The van der Waals surface area contributed by atoms with Crippen LogP contribution in [0.4, 0.5) is 0 Å². The summed E-state index contributed by atoms with van der Waals surface area (Å²) in [7, 11) is 0. The number of nitriles is 1. The molecule has 3 heterocycles. The summed E-state index contributed by atoms with van der Waals surface area (Å²) < 4.78 is 11.7. The summed E-state index contributed by atoms with van der Waals surface area (Å²) >= 11 is 0. The zero-order chi connectivity index (χ0) is 17.2. The van der Waals surface area contributed by atoms with Gasteiger partial charge in [0.05, 0.1) is 11.3 Å². The fraction of sp³-hybridized carbons (Fsp3) is 0.150. The molecule has 1 atom stereocenters. The second-order valence-corrected chi connectivity index (χ2v) is 5.88. The predicted molar refractivity (Wildman–Crippen MR) is 95.4 cm³/mol. The Kier molecular flexibility index (Phi) is 3.79. The van der Waals surface area contributed by atoms with Crippen LogP contribution in [0.3, 0.4) is 0 Å². The van der Waals surface area contributed by atoms with Crippen molar-refractivity contribution in [2.45, 2.75) is 6.92 Å². The van der Waals surface area contributed by atoms with Crippen LogP contribution in [-0.2, 0) is 0 Å². The van der Waals surface area contributed by atoms with Crippen LogP contribution in [0.25, 0.3) is 22.3 Å². The molecular weight excluding hydrogens is 314 g/mol. The zero-order valence-corrected chi connectivity index (χ0v) is 13.6. The average molecular weight is 329 g/mol. The van der Waals surface area contributed by atoms with E-state index in [0.717, 1.165) is 28.0 Å². The van der Waals surface area contributed by atoms with E-state index in [-0.39, 0.29) is 0 Å². The zero-order valence-electron chi connectivity index (χ0n) is 13.6. The molecule has 0 aliphatic carbocycles. The van der Waals surface area contributed by atoms with Gasteiger partial charge in [-0.25, -0.2) is 0 Å². The first-order valence-electron chi connectivity index (χ1n) is 7.99. The number of ether oxygens (including phenoxy) is 1. The Balaban J connectivity index is 1.60. The summed E-state index contributed by atoms with van der Waals surface area (Å²) in [5, 5.41) is 10.1. The molecule has 0 bridgehead atoms. The van der Waals surface area contributed by atoms with E-state index in [4.69, 9.17) is 9.15 Å². The third-order valence-electron chi connectivity index (χ3n) is 4.22. The molecule has 1 aliphatic heterocycles. The van der Waals surface area contributed by atoms with Crippen molar-refractivity contribution < 1.29 is 9.15 Å². The van der Waals surface area contributed by atoms with Crippen LogP contribution in [0.5, 0.6) is 5.75 Å². The summed E-state index contributed by atoms with van der Waals surface area (Å²) in [6, 6.07) is 11.5. The molecule has 1 aliphatic rings. The molecule has 0 amide bonds. The molecule has 0 N–H and O–H groups in total. The highest BCUT2D eigenvalue weighted by Gasteiger charge is 2.14. The van der Waals surface area contributed by atoms with Gasteiger partial charge in [-0.15, -0.1) is 0 Å². The molecule has 3 aromatic rings. The maximum absolute atomic E-state index is 9.23. The Morgan fingerprint density at radius 1 is 1.28 bits per heavy atom. The molecule has 2 aromatic heterocycles. The van der Waals surface area contributed by atoms with Crippen molar-refractivity contribution >= 4 is 16.7 Å². The van der Waals surface area contributed by atoms with E-state index < -0.39 is 0 Å². The monoisotopic (exact) mass is 329 g/mol. The molecule has 1 aromatic carbocycles. The Bertz CT molecular complexity index is 1040. The minimum Gasteiger partial charge on any atom is -0.488 e. The van der Waals surface area contributed by atoms with Gasteiger partial charge in [0, 0.05) is 35.5 Å². The van der Waals surface area contributed by atoms with E-state index in [1.807, 2.05) is 36.5 Å². The normalized spacial score (nSPS) is 16.0. The Hall–Kier alpha value is -3.39. The second-order valence-electron chi connectivity index (χ2n) is 5.88. The molecule has 25 heavy (non-hydrogen) atoms. The predicted octanol–water partition coefficient (Wildman–Crippen LogP) is 4.35. The van der Waals surface area contributed by atoms with Gasteiger partial charge in [0.2, 0.25) is 0 Å². The first-order chi connectivity index (χ1) is 12.2. The third-order valence-corrected chi connectivity index (χ3v) is 4.22. The molecule has 122 valence electrons. The second kappa shape index (κ2) is 6.25. The van der Waals surface area contributed by atoms with Gasteiger partial charge >= 0.3 is 0 Å². The summed E-state index contributed by atoms with van der Waals surface area (Å²) in [5.74, 6) is 1.72. The lowest BCUT2D eigenvalue weighted by Gasteiger charge is -2.08. The number of allylic oxidation sites excluding steroid dienone is 1. The van der Waals surface area contributed by atoms with Gasteiger partial charge < -0.3 is 9.15 Å². The fourth-order valence-electron chi connectivity index (χ4n) is 2.76. The van der Waals surface area contributed by atoms with Gasteiger partial charge in [-0.1, -0.05) is 13.0 Å². The molecular formula is C20H15N3O2. The number of aliphatic imine (C=N–C) groups is 1. The van der Waals surface area contributed by atoms with E-state index in [2.05, 4.69) is 23.0 Å². The SMILES string of the molecule is CC1C=CN=C1COc1ccc2oc(-c3ccncc3C#N)cc2c1. The lowest BCUT2D eigenvalue weighted by atomic mass is 10.1. The van der Waals surface area contributed by atoms with Crippen LogP contribution >= 0.6 is 0 Å². The topological polar surface area (TPSA) is 71.4 Å². The van der Waals surface area contributed by atoms with Crippen LogP contribution in [-0.4, -0.2) is 17.3 Å². The Morgan fingerprint density at radius 2 is 2.20 bits per heavy atom. The van der Waals surface area contributed by atoms with Crippen molar-refractivity contribution in [1.82, 2.24) is 4.98 Å². The molecule has 0 fully saturated rings. The van der Waals surface area contributed by atoms with Crippen LogP contribution in [0.2, 0.25) is 0 Å². The highest BCUT2D eigenvalue weighted by molar-refractivity contribution is 5.91. The Morgan fingerprint density at radius 3 is 3.00 bits per heavy atom. The number of rotatable bonds is 4. The number of nitrogens with zero attached hydrogens (tertiary/aromatic N) is 3. The van der Waals surface area contributed by atoms with Crippen LogP contribution in [0, 0.1) is 17.2 Å². The van der Waals surface area contributed by atoms with Gasteiger partial charge in [0.25, 0.3) is 0 Å². The number of hydrogen-bond donors (Lipinski definition) is 0. The molecule has 0 spiro atoms. The van der Waals surface area contributed by atoms with Gasteiger partial charge in [0.1, 0.15) is 29.8 Å². The summed E-state index contributed by atoms with van der Waals surface area (Å²) in [6.45, 7) is 2.56. The number of hydrogen-bond acceptors (Lipinski definition) is 5. The molecule has 5 nitrogen and oxygen atoms in total. The molecule has 0 radical (unpaired) electrons. The quantitative estimate of drug-likeness (QED) is 0.713. The summed E-state index contributed by atoms with van der Waals surface area (Å²) in [5.41, 5.74) is 2.98. The van der Waals surface area contributed by atoms with E-state index in [1.54, 1.807) is 12.3 Å². The molecule has 0 saturated heterocycles. The van der Waals surface area contributed by atoms with E-state index in [1.165, 1.54) is 6.20 Å². The summed E-state index contributed by atoms with van der Waals surface area (Å²) in [6.07, 6.45) is 7.05. The smallest absolute Gasteiger partial charge is 0.136 e. The van der Waals surface area contributed by atoms with E-state index >= 15 is 0 Å². The first-order valence-corrected chi connectivity index (χ1v) is 7.99. The standard InChI is InChI=1S/C20H15N3O2/c1-13-4-7-23-18(13)12-24-16-2-3-19-14(8-16)9-20(25-19)17-5-6-22-11-15(17)10-21/h2-9,11,13H,12H2,1H3. The van der Waals surface area contributed by atoms with Crippen molar-refractivity contribution in [3.63, 3.8) is 0 Å². The van der Waals surface area contributed by atoms with Crippen molar-refractivity contribution in [3.05, 3.63) is 60.6 Å². The minimum absolute atomic E-state index is 0.320. The lowest BCUT2D eigenvalue weighted by Crippen LogP contribution is -2.15. The lowest BCUT2D eigenvalue weighted by molar-refractivity contribution is 0.373. The van der Waals surface area contributed by atoms with Crippen LogP contribution in [0.15, 0.2) is 64.4 Å². The molecule has 0 saturated carbocycles. The van der Waals surface area contributed by atoms with E-state index in [0.29, 0.717) is 23.8 Å².